The summed E-state index contributed by atoms with van der Waals surface area (Å²) >= 11 is 8.32. The molecule has 9 heteroatoms. The molecule has 0 aliphatic carbocycles. The molecule has 114 valence electrons. The first kappa shape index (κ1) is 18.0. The highest BCUT2D eigenvalue weighted by atomic mass is 79.9. The lowest BCUT2D eigenvalue weighted by molar-refractivity contribution is 0.0459. The van der Waals surface area contributed by atoms with Gasteiger partial charge in [-0.1, -0.05) is 28.1 Å². The molecule has 1 unspecified atom stereocenters. The largest absolute Gasteiger partial charge is 0.401 e. The van der Waals surface area contributed by atoms with Gasteiger partial charge in [-0.2, -0.15) is 8.78 Å². The SMILES string of the molecule is CCOP(=O)(O)C(F)(F)c1ccc(CCNCl)cc1Br. The van der Waals surface area contributed by atoms with Crippen LogP contribution in [0.5, 0.6) is 0 Å². The van der Waals surface area contributed by atoms with Crippen LogP contribution in [0.15, 0.2) is 22.7 Å². The van der Waals surface area contributed by atoms with Crippen molar-refractivity contribution in [2.24, 2.45) is 0 Å². The average Bonchev–Trinajstić information content (AvgIpc) is 2.35. The number of alkyl halides is 2. The van der Waals surface area contributed by atoms with Gasteiger partial charge in [-0.05, 0) is 36.8 Å². The van der Waals surface area contributed by atoms with Crippen LogP contribution in [0.3, 0.4) is 0 Å². The lowest BCUT2D eigenvalue weighted by Gasteiger charge is -2.23. The molecule has 20 heavy (non-hydrogen) atoms. The number of halogens is 4. The Balaban J connectivity index is 3.10. The Morgan fingerprint density at radius 2 is 2.20 bits per heavy atom. The van der Waals surface area contributed by atoms with Gasteiger partial charge in [0, 0.05) is 16.6 Å². The van der Waals surface area contributed by atoms with E-state index in [4.69, 9.17) is 11.8 Å². The van der Waals surface area contributed by atoms with E-state index in [0.717, 1.165) is 11.6 Å². The summed E-state index contributed by atoms with van der Waals surface area (Å²) < 4.78 is 44.1. The van der Waals surface area contributed by atoms with Gasteiger partial charge in [0.25, 0.3) is 0 Å². The van der Waals surface area contributed by atoms with Gasteiger partial charge in [0.1, 0.15) is 0 Å². The Kier molecular flexibility index (Phi) is 6.57. The Labute approximate surface area is 129 Å². The fourth-order valence-corrected chi connectivity index (χ4v) is 3.49. The second-order valence-electron chi connectivity index (χ2n) is 3.93. The van der Waals surface area contributed by atoms with Crippen molar-refractivity contribution in [1.82, 2.24) is 4.84 Å². The van der Waals surface area contributed by atoms with Gasteiger partial charge in [0.05, 0.1) is 6.61 Å². The van der Waals surface area contributed by atoms with Crippen LogP contribution < -0.4 is 4.84 Å². The third-order valence-corrected chi connectivity index (χ3v) is 4.93. The van der Waals surface area contributed by atoms with Crippen LogP contribution >= 0.6 is 35.3 Å². The lowest BCUT2D eigenvalue weighted by atomic mass is 10.1. The number of rotatable bonds is 7. The van der Waals surface area contributed by atoms with Crippen molar-refractivity contribution in [3.63, 3.8) is 0 Å². The minimum absolute atomic E-state index is 0.0450. The maximum absolute atomic E-state index is 14.1. The predicted molar refractivity (Wildman–Crippen MR) is 77.0 cm³/mol. The second-order valence-corrected chi connectivity index (χ2v) is 6.91. The van der Waals surface area contributed by atoms with Crippen molar-refractivity contribution < 1.29 is 22.8 Å². The molecular weight excluding hydrogens is 378 g/mol. The summed E-state index contributed by atoms with van der Waals surface area (Å²) in [7, 11) is -5.08. The van der Waals surface area contributed by atoms with Crippen LogP contribution in [-0.2, 0) is 21.2 Å². The number of benzene rings is 1. The summed E-state index contributed by atoms with van der Waals surface area (Å²) in [6.07, 6.45) is 0.538. The van der Waals surface area contributed by atoms with Crippen molar-refractivity contribution in [2.45, 2.75) is 19.0 Å². The highest BCUT2D eigenvalue weighted by Crippen LogP contribution is 2.64. The van der Waals surface area contributed by atoms with Crippen LogP contribution in [0.25, 0.3) is 0 Å². The average molecular weight is 393 g/mol. The molecule has 0 aliphatic rings. The van der Waals surface area contributed by atoms with Crippen LogP contribution in [-0.4, -0.2) is 18.0 Å². The van der Waals surface area contributed by atoms with Crippen molar-refractivity contribution in [1.29, 1.82) is 0 Å². The number of nitrogens with one attached hydrogen (secondary N) is 1. The maximum Gasteiger partial charge on any atom is 0.401 e. The van der Waals surface area contributed by atoms with E-state index in [0.29, 0.717) is 13.0 Å². The zero-order chi connectivity index (χ0) is 15.4. The van der Waals surface area contributed by atoms with E-state index in [1.54, 1.807) is 0 Å². The van der Waals surface area contributed by atoms with Gasteiger partial charge in [-0.3, -0.25) is 4.57 Å². The first-order chi connectivity index (χ1) is 9.26. The Hall–Kier alpha value is -0.0400. The first-order valence-electron chi connectivity index (χ1n) is 5.74. The first-order valence-corrected chi connectivity index (χ1v) is 8.48. The van der Waals surface area contributed by atoms with E-state index in [1.807, 2.05) is 0 Å². The minimum atomic E-state index is -5.08. The van der Waals surface area contributed by atoms with Crippen molar-refractivity contribution >= 4 is 35.3 Å². The molecule has 1 rings (SSSR count). The summed E-state index contributed by atoms with van der Waals surface area (Å²) in [4.78, 5) is 11.8. The molecule has 0 bridgehead atoms. The quantitative estimate of drug-likeness (QED) is 0.544. The molecule has 0 saturated carbocycles. The van der Waals surface area contributed by atoms with Crippen LogP contribution in [0.4, 0.5) is 8.78 Å². The molecule has 0 saturated heterocycles. The van der Waals surface area contributed by atoms with Gasteiger partial charge in [0.2, 0.25) is 0 Å². The Bertz CT molecular complexity index is 518. The molecule has 1 aromatic carbocycles. The number of hydrogen-bond acceptors (Lipinski definition) is 3. The van der Waals surface area contributed by atoms with Crippen molar-refractivity contribution in [3.8, 4) is 0 Å². The molecular formula is C11H14BrClF2NO3P. The maximum atomic E-state index is 14.1. The zero-order valence-electron chi connectivity index (χ0n) is 10.6. The summed E-state index contributed by atoms with van der Waals surface area (Å²) in [5, 5.41) is 0. The molecule has 0 heterocycles. The normalized spacial score (nSPS) is 15.1. The standard InChI is InChI=1S/C11H14BrClF2NO3P/c1-2-19-20(17,18)11(14,15)9-4-3-8(5-6-16-13)7-10(9)12/h3-4,7,16H,2,5-6H2,1H3,(H,17,18). The smallest absolute Gasteiger partial charge is 0.320 e. The highest BCUT2D eigenvalue weighted by Gasteiger charge is 2.53. The molecule has 0 amide bonds. The van der Waals surface area contributed by atoms with E-state index < -0.39 is 18.8 Å². The van der Waals surface area contributed by atoms with E-state index >= 15 is 0 Å². The lowest BCUT2D eigenvalue weighted by Crippen LogP contribution is -2.17. The molecule has 4 nitrogen and oxygen atoms in total. The summed E-state index contributed by atoms with van der Waals surface area (Å²) in [5.74, 6) is 0. The van der Waals surface area contributed by atoms with Crippen molar-refractivity contribution in [2.75, 3.05) is 13.2 Å². The molecule has 2 N–H and O–H groups in total. The number of hydrogen-bond donors (Lipinski definition) is 2. The summed E-state index contributed by atoms with van der Waals surface area (Å²) in [6.45, 7) is 1.57. The summed E-state index contributed by atoms with van der Waals surface area (Å²) in [6, 6.07) is 4.02. The highest BCUT2D eigenvalue weighted by molar-refractivity contribution is 9.10. The van der Waals surface area contributed by atoms with E-state index in [-0.39, 0.29) is 11.1 Å². The van der Waals surface area contributed by atoms with Gasteiger partial charge < -0.3 is 9.42 Å². The molecule has 0 spiro atoms. The van der Waals surface area contributed by atoms with Gasteiger partial charge in [-0.15, -0.1) is 0 Å². The predicted octanol–water partition coefficient (Wildman–Crippen LogP) is 4.01. The second kappa shape index (κ2) is 7.29. The fraction of sp³-hybridized carbons (Fsp3) is 0.455. The van der Waals surface area contributed by atoms with Crippen LogP contribution in [0.2, 0.25) is 0 Å². The van der Waals surface area contributed by atoms with E-state index in [2.05, 4.69) is 25.3 Å². The molecule has 0 aliphatic heterocycles. The third kappa shape index (κ3) is 4.00. The molecule has 0 aromatic heterocycles. The molecule has 0 fully saturated rings. The monoisotopic (exact) mass is 391 g/mol. The Morgan fingerprint density at radius 3 is 2.70 bits per heavy atom. The molecule has 0 radical (unpaired) electrons. The zero-order valence-corrected chi connectivity index (χ0v) is 13.8. The fourth-order valence-electron chi connectivity index (χ4n) is 1.56. The minimum Gasteiger partial charge on any atom is -0.320 e. The van der Waals surface area contributed by atoms with E-state index in [9.17, 15) is 18.2 Å². The third-order valence-electron chi connectivity index (χ3n) is 2.52. The van der Waals surface area contributed by atoms with Crippen LogP contribution in [0, 0.1) is 0 Å². The molecule has 1 atom stereocenters. The topological polar surface area (TPSA) is 58.6 Å². The molecule has 1 aromatic rings. The van der Waals surface area contributed by atoms with E-state index in [1.165, 1.54) is 19.1 Å². The van der Waals surface area contributed by atoms with Gasteiger partial charge in [0.15, 0.2) is 0 Å². The Morgan fingerprint density at radius 1 is 1.55 bits per heavy atom. The summed E-state index contributed by atoms with van der Waals surface area (Å²) in [5.41, 5.74) is -3.81. The van der Waals surface area contributed by atoms with Gasteiger partial charge >= 0.3 is 13.3 Å². The van der Waals surface area contributed by atoms with Crippen LogP contribution in [0.1, 0.15) is 18.1 Å². The van der Waals surface area contributed by atoms with Crippen molar-refractivity contribution in [3.05, 3.63) is 33.8 Å². The van der Waals surface area contributed by atoms with Gasteiger partial charge in [-0.25, -0.2) is 4.84 Å².